The largest absolute Gasteiger partial charge is 0.444 e. The van der Waals surface area contributed by atoms with Gasteiger partial charge in [-0.15, -0.1) is 0 Å². The van der Waals surface area contributed by atoms with E-state index in [9.17, 15) is 24.0 Å². The molecule has 32 heavy (non-hydrogen) atoms. The Kier molecular flexibility index (Phi) is 6.82. The van der Waals surface area contributed by atoms with Gasteiger partial charge in [0.1, 0.15) is 17.2 Å². The summed E-state index contributed by atoms with van der Waals surface area (Å²) in [6.45, 7) is 12.5. The minimum Gasteiger partial charge on any atom is -0.444 e. The third-order valence-electron chi connectivity index (χ3n) is 4.44. The van der Waals surface area contributed by atoms with Crippen LogP contribution >= 0.6 is 0 Å². The fourth-order valence-electron chi connectivity index (χ4n) is 3.20. The first-order valence-electron chi connectivity index (χ1n) is 10.4. The number of rotatable bonds is 2. The fourth-order valence-corrected chi connectivity index (χ4v) is 3.20. The first-order valence-corrected chi connectivity index (χ1v) is 10.4. The van der Waals surface area contributed by atoms with Gasteiger partial charge in [-0.3, -0.25) is 19.3 Å². The molecule has 2 fully saturated rings. The molecule has 0 aromatic carbocycles. The normalized spacial score (nSPS) is 22.1. The maximum Gasteiger partial charge on any atom is 0.411 e. The van der Waals surface area contributed by atoms with E-state index in [0.717, 1.165) is 4.90 Å². The van der Waals surface area contributed by atoms with Crippen LogP contribution in [0.4, 0.5) is 9.59 Å². The van der Waals surface area contributed by atoms with E-state index in [1.807, 2.05) is 0 Å². The third kappa shape index (κ3) is 6.33. The number of piperazine rings is 1. The lowest BCUT2D eigenvalue weighted by Gasteiger charge is -2.42. The van der Waals surface area contributed by atoms with Crippen molar-refractivity contribution in [3.8, 4) is 0 Å². The van der Waals surface area contributed by atoms with Gasteiger partial charge in [0, 0.05) is 26.9 Å². The van der Waals surface area contributed by atoms with Crippen LogP contribution in [-0.2, 0) is 33.3 Å². The monoisotopic (exact) mass is 456 g/mol. The van der Waals surface area contributed by atoms with Crippen molar-refractivity contribution in [3.05, 3.63) is 0 Å². The number of amides is 2. The van der Waals surface area contributed by atoms with Crippen molar-refractivity contribution < 1.29 is 42.9 Å². The Bertz CT molecular complexity index is 787. The molecule has 2 saturated heterocycles. The van der Waals surface area contributed by atoms with Gasteiger partial charge in [-0.2, -0.15) is 0 Å². The number of carbonyl (C=O) groups excluding carboxylic acids is 5. The second kappa shape index (κ2) is 8.59. The van der Waals surface area contributed by atoms with E-state index in [2.05, 4.69) is 0 Å². The molecule has 2 heterocycles. The highest BCUT2D eigenvalue weighted by Gasteiger charge is 2.52. The Labute approximate surface area is 187 Å². The standard InChI is InChI=1S/C21H32N2O9/c1-19(2,3)31-17(27)22-9-10-23(18(28)32-20(4,5)6)12(11-22)14(24)13-15(25)29-21(7,8)30-16(13)26/h12-13H,9-11H2,1-8H3. The van der Waals surface area contributed by atoms with Gasteiger partial charge in [0.05, 0.1) is 6.54 Å². The van der Waals surface area contributed by atoms with Crippen LogP contribution in [0.3, 0.4) is 0 Å². The van der Waals surface area contributed by atoms with E-state index >= 15 is 0 Å². The topological polar surface area (TPSA) is 129 Å². The molecule has 1 atom stereocenters. The highest BCUT2D eigenvalue weighted by atomic mass is 16.7. The zero-order chi connectivity index (χ0) is 24.6. The number of esters is 2. The number of carbonyl (C=O) groups is 5. The molecule has 11 nitrogen and oxygen atoms in total. The second-order valence-corrected chi connectivity index (χ2v) is 10.2. The van der Waals surface area contributed by atoms with Crippen molar-refractivity contribution >= 4 is 29.9 Å². The summed E-state index contributed by atoms with van der Waals surface area (Å²) in [6.07, 6.45) is -1.49. The third-order valence-corrected chi connectivity index (χ3v) is 4.44. The van der Waals surface area contributed by atoms with Crippen LogP contribution in [0, 0.1) is 5.92 Å². The van der Waals surface area contributed by atoms with Gasteiger partial charge in [0.25, 0.3) is 5.79 Å². The molecule has 2 amide bonds. The van der Waals surface area contributed by atoms with Crippen LogP contribution in [0.25, 0.3) is 0 Å². The number of hydrogen-bond acceptors (Lipinski definition) is 9. The molecule has 0 bridgehead atoms. The van der Waals surface area contributed by atoms with Crippen LogP contribution in [0.15, 0.2) is 0 Å². The maximum atomic E-state index is 13.3. The number of Topliss-reactive ketones (excluding diaryl/α,β-unsaturated/α-hetero) is 1. The summed E-state index contributed by atoms with van der Waals surface area (Å²) in [7, 11) is 0. The fraction of sp³-hybridized carbons (Fsp3) is 0.762. The molecule has 0 aliphatic carbocycles. The summed E-state index contributed by atoms with van der Waals surface area (Å²) in [5, 5.41) is 0. The Hall–Kier alpha value is -2.85. The summed E-state index contributed by atoms with van der Waals surface area (Å²) in [5.74, 6) is -6.46. The molecular formula is C21H32N2O9. The van der Waals surface area contributed by atoms with Gasteiger partial charge in [-0.25, -0.2) is 9.59 Å². The SMILES string of the molecule is CC(C)(C)OC(=O)N1CCN(C(=O)OC(C)(C)C)C(C(=O)C2C(=O)OC(C)(C)OC2=O)C1. The molecule has 2 rings (SSSR count). The Morgan fingerprint density at radius 2 is 1.34 bits per heavy atom. The molecule has 2 aliphatic heterocycles. The average Bonchev–Trinajstić information content (AvgIpc) is 2.56. The molecule has 0 aromatic rings. The molecule has 0 aromatic heterocycles. The molecule has 180 valence electrons. The van der Waals surface area contributed by atoms with Crippen molar-refractivity contribution in [3.63, 3.8) is 0 Å². The summed E-state index contributed by atoms with van der Waals surface area (Å²) < 4.78 is 20.8. The van der Waals surface area contributed by atoms with Gasteiger partial charge in [0.2, 0.25) is 5.92 Å². The maximum absolute atomic E-state index is 13.3. The van der Waals surface area contributed by atoms with Crippen molar-refractivity contribution in [2.24, 2.45) is 5.92 Å². The van der Waals surface area contributed by atoms with Crippen LogP contribution in [-0.4, -0.2) is 82.4 Å². The highest BCUT2D eigenvalue weighted by Crippen LogP contribution is 2.27. The second-order valence-electron chi connectivity index (χ2n) is 10.2. The lowest BCUT2D eigenvalue weighted by atomic mass is 9.94. The first-order chi connectivity index (χ1) is 14.4. The van der Waals surface area contributed by atoms with Crippen LogP contribution < -0.4 is 0 Å². The average molecular weight is 456 g/mol. The van der Waals surface area contributed by atoms with E-state index in [0.29, 0.717) is 0 Å². The lowest BCUT2D eigenvalue weighted by molar-refractivity contribution is -0.238. The number of nitrogens with zero attached hydrogens (tertiary/aromatic N) is 2. The Morgan fingerprint density at radius 1 is 0.875 bits per heavy atom. The van der Waals surface area contributed by atoms with Crippen molar-refractivity contribution in [2.45, 2.75) is 78.4 Å². The highest BCUT2D eigenvalue weighted by molar-refractivity contribution is 6.18. The number of hydrogen-bond donors (Lipinski definition) is 0. The van der Waals surface area contributed by atoms with E-state index in [1.165, 1.54) is 18.7 Å². The van der Waals surface area contributed by atoms with E-state index in [1.54, 1.807) is 41.5 Å². The Balaban J connectivity index is 2.32. The van der Waals surface area contributed by atoms with Gasteiger partial charge < -0.3 is 23.8 Å². The van der Waals surface area contributed by atoms with Gasteiger partial charge in [-0.05, 0) is 41.5 Å². The summed E-state index contributed by atoms with van der Waals surface area (Å²) >= 11 is 0. The van der Waals surface area contributed by atoms with Crippen molar-refractivity contribution in [1.29, 1.82) is 0 Å². The van der Waals surface area contributed by atoms with E-state index in [-0.39, 0.29) is 19.6 Å². The summed E-state index contributed by atoms with van der Waals surface area (Å²) in [6, 6.07) is -1.34. The van der Waals surface area contributed by atoms with E-state index < -0.39 is 58.9 Å². The van der Waals surface area contributed by atoms with Gasteiger partial charge >= 0.3 is 24.1 Å². The zero-order valence-electron chi connectivity index (χ0n) is 19.8. The molecule has 11 heteroatoms. The smallest absolute Gasteiger partial charge is 0.411 e. The van der Waals surface area contributed by atoms with Gasteiger partial charge in [-0.1, -0.05) is 0 Å². The van der Waals surface area contributed by atoms with Gasteiger partial charge in [0.15, 0.2) is 5.78 Å². The zero-order valence-corrected chi connectivity index (χ0v) is 19.8. The number of cyclic esters (lactones) is 2. The predicted molar refractivity (Wildman–Crippen MR) is 109 cm³/mol. The van der Waals surface area contributed by atoms with Crippen LogP contribution in [0.5, 0.6) is 0 Å². The first kappa shape index (κ1) is 25.4. The molecule has 0 radical (unpaired) electrons. The molecule has 2 aliphatic rings. The van der Waals surface area contributed by atoms with Crippen LogP contribution in [0.1, 0.15) is 55.4 Å². The number of ether oxygens (including phenoxy) is 4. The molecule has 0 saturated carbocycles. The van der Waals surface area contributed by atoms with Crippen LogP contribution in [0.2, 0.25) is 0 Å². The summed E-state index contributed by atoms with van der Waals surface area (Å²) in [4.78, 5) is 65.8. The minimum atomic E-state index is -1.88. The number of ketones is 1. The minimum absolute atomic E-state index is 0.0626. The molecular weight excluding hydrogens is 424 g/mol. The predicted octanol–water partition coefficient (Wildman–Crippen LogP) is 1.86. The van der Waals surface area contributed by atoms with E-state index in [4.69, 9.17) is 18.9 Å². The van der Waals surface area contributed by atoms with Crippen molar-refractivity contribution in [1.82, 2.24) is 9.80 Å². The molecule has 1 unspecified atom stereocenters. The molecule has 0 spiro atoms. The quantitative estimate of drug-likeness (QED) is 0.347. The summed E-state index contributed by atoms with van der Waals surface area (Å²) in [5.41, 5.74) is -1.62. The van der Waals surface area contributed by atoms with Crippen molar-refractivity contribution in [2.75, 3.05) is 19.6 Å². The lowest BCUT2D eigenvalue weighted by Crippen LogP contribution is -2.63. The Morgan fingerprint density at radius 3 is 1.81 bits per heavy atom. The molecule has 0 N–H and O–H groups in total.